The number of esters is 1. The molecular weight excluding hydrogens is 237 g/mol. The first-order valence-corrected chi connectivity index (χ1v) is 5.22. The molecule has 2 aromatic rings. The smallest absolute Gasteiger partial charge is 0.360 e. The van der Waals surface area contributed by atoms with Crippen molar-refractivity contribution in [1.29, 1.82) is 0 Å². The van der Waals surface area contributed by atoms with Crippen LogP contribution in [-0.2, 0) is 4.74 Å². The van der Waals surface area contributed by atoms with Gasteiger partial charge in [-0.2, -0.15) is 0 Å². The first-order valence-electron chi connectivity index (χ1n) is 5.22. The van der Waals surface area contributed by atoms with Gasteiger partial charge in [0.05, 0.1) is 12.8 Å². The Labute approximate surface area is 103 Å². The molecule has 0 bridgehead atoms. The summed E-state index contributed by atoms with van der Waals surface area (Å²) in [6.45, 7) is 1.81. The molecule has 1 aromatic carbocycles. The molecule has 94 valence electrons. The van der Waals surface area contributed by atoms with Crippen LogP contribution in [0.25, 0.3) is 5.69 Å². The maximum absolute atomic E-state index is 13.2. The van der Waals surface area contributed by atoms with Gasteiger partial charge in [-0.25, -0.2) is 14.2 Å². The maximum atomic E-state index is 13.2. The van der Waals surface area contributed by atoms with Gasteiger partial charge in [0.15, 0.2) is 5.69 Å². The molecule has 0 unspecified atom stereocenters. The van der Waals surface area contributed by atoms with Crippen LogP contribution in [0.3, 0.4) is 0 Å². The van der Waals surface area contributed by atoms with Crippen molar-refractivity contribution in [2.45, 2.75) is 6.92 Å². The largest absolute Gasteiger partial charge is 0.464 e. The molecule has 0 saturated heterocycles. The van der Waals surface area contributed by atoms with E-state index in [1.165, 1.54) is 30.1 Å². The highest BCUT2D eigenvalue weighted by atomic mass is 19.1. The zero-order valence-electron chi connectivity index (χ0n) is 9.98. The van der Waals surface area contributed by atoms with Gasteiger partial charge in [0.2, 0.25) is 0 Å². The lowest BCUT2D eigenvalue weighted by Crippen LogP contribution is -2.08. The Bertz CT molecular complexity index is 607. The highest BCUT2D eigenvalue weighted by Crippen LogP contribution is 2.21. The molecule has 0 radical (unpaired) electrons. The number of hydrogen-bond acceptors (Lipinski definition) is 4. The van der Waals surface area contributed by atoms with Crippen molar-refractivity contribution in [2.24, 2.45) is 0 Å². The molecule has 0 saturated carbocycles. The van der Waals surface area contributed by atoms with E-state index in [1.54, 1.807) is 6.07 Å². The fraction of sp³-hybridized carbons (Fsp3) is 0.167. The van der Waals surface area contributed by atoms with Crippen LogP contribution in [0.4, 0.5) is 10.2 Å². The topological polar surface area (TPSA) is 70.1 Å². The number of nitrogens with zero attached hydrogens (tertiary/aromatic N) is 2. The number of nitrogen functional groups attached to an aromatic ring is 1. The van der Waals surface area contributed by atoms with Gasteiger partial charge in [0.1, 0.15) is 18.0 Å². The van der Waals surface area contributed by atoms with Gasteiger partial charge in [-0.1, -0.05) is 6.07 Å². The van der Waals surface area contributed by atoms with Crippen molar-refractivity contribution in [1.82, 2.24) is 9.55 Å². The number of halogens is 1. The molecule has 0 spiro atoms. The number of aromatic nitrogens is 2. The summed E-state index contributed by atoms with van der Waals surface area (Å²) in [7, 11) is 1.24. The highest BCUT2D eigenvalue weighted by Gasteiger charge is 2.17. The van der Waals surface area contributed by atoms with E-state index in [4.69, 9.17) is 5.73 Å². The quantitative estimate of drug-likeness (QED) is 0.822. The number of carbonyl (C=O) groups is 1. The van der Waals surface area contributed by atoms with Crippen molar-refractivity contribution in [3.63, 3.8) is 0 Å². The molecule has 1 heterocycles. The summed E-state index contributed by atoms with van der Waals surface area (Å²) in [5.41, 5.74) is 7.18. The molecular formula is C12H12FN3O2. The van der Waals surface area contributed by atoms with Gasteiger partial charge in [-0.3, -0.25) is 4.57 Å². The number of ether oxygens (including phenoxy) is 1. The molecule has 0 aliphatic carbocycles. The summed E-state index contributed by atoms with van der Waals surface area (Å²) < 4.78 is 19.2. The van der Waals surface area contributed by atoms with Crippen molar-refractivity contribution in [3.05, 3.63) is 41.6 Å². The SMILES string of the molecule is COC(=O)c1ncn(-c2cc(F)ccc2C)c1N. The number of benzene rings is 1. The Hall–Kier alpha value is -2.37. The third-order valence-corrected chi connectivity index (χ3v) is 2.61. The molecule has 2 N–H and O–H groups in total. The predicted octanol–water partition coefficient (Wildman–Crippen LogP) is 1.69. The Kier molecular flexibility index (Phi) is 3.01. The average Bonchev–Trinajstić information content (AvgIpc) is 2.73. The van der Waals surface area contributed by atoms with E-state index >= 15 is 0 Å². The number of rotatable bonds is 2. The van der Waals surface area contributed by atoms with Crippen LogP contribution < -0.4 is 5.73 Å². The molecule has 6 heteroatoms. The Morgan fingerprint density at radius 3 is 2.89 bits per heavy atom. The van der Waals surface area contributed by atoms with Crippen LogP contribution in [0, 0.1) is 12.7 Å². The normalized spacial score (nSPS) is 10.4. The van der Waals surface area contributed by atoms with E-state index < -0.39 is 5.97 Å². The maximum Gasteiger partial charge on any atom is 0.360 e. The molecule has 5 nitrogen and oxygen atoms in total. The number of imidazole rings is 1. The third kappa shape index (κ3) is 1.92. The average molecular weight is 249 g/mol. The van der Waals surface area contributed by atoms with E-state index in [0.29, 0.717) is 5.69 Å². The number of nitrogens with two attached hydrogens (primary N) is 1. The van der Waals surface area contributed by atoms with Gasteiger partial charge >= 0.3 is 5.97 Å². The lowest BCUT2D eigenvalue weighted by atomic mass is 10.2. The van der Waals surface area contributed by atoms with Crippen molar-refractivity contribution < 1.29 is 13.9 Å². The lowest BCUT2D eigenvalue weighted by Gasteiger charge is -2.08. The van der Waals surface area contributed by atoms with Gasteiger partial charge in [0, 0.05) is 0 Å². The molecule has 0 aliphatic heterocycles. The number of carbonyl (C=O) groups excluding carboxylic acids is 1. The molecule has 0 aliphatic rings. The van der Waals surface area contributed by atoms with Gasteiger partial charge < -0.3 is 10.5 Å². The second kappa shape index (κ2) is 4.48. The molecule has 18 heavy (non-hydrogen) atoms. The lowest BCUT2D eigenvalue weighted by molar-refractivity contribution is 0.0596. The van der Waals surface area contributed by atoms with E-state index in [1.807, 2.05) is 6.92 Å². The fourth-order valence-corrected chi connectivity index (χ4v) is 1.65. The first-order chi connectivity index (χ1) is 8.54. The van der Waals surface area contributed by atoms with Gasteiger partial charge in [0.25, 0.3) is 0 Å². The van der Waals surface area contributed by atoms with Crippen molar-refractivity contribution >= 4 is 11.8 Å². The summed E-state index contributed by atoms with van der Waals surface area (Å²) in [5.74, 6) is -0.890. The summed E-state index contributed by atoms with van der Waals surface area (Å²) in [4.78, 5) is 15.3. The molecule has 0 fully saturated rings. The van der Waals surface area contributed by atoms with E-state index in [-0.39, 0.29) is 17.3 Å². The number of methoxy groups -OCH3 is 1. The minimum atomic E-state index is -0.625. The number of aryl methyl sites for hydroxylation is 1. The van der Waals surface area contributed by atoms with E-state index in [0.717, 1.165) is 5.56 Å². The molecule has 0 atom stereocenters. The summed E-state index contributed by atoms with van der Waals surface area (Å²) in [6.07, 6.45) is 1.36. The third-order valence-electron chi connectivity index (χ3n) is 2.61. The standard InChI is InChI=1S/C12H12FN3O2/c1-7-3-4-8(13)5-9(7)16-6-15-10(11(16)14)12(17)18-2/h3-6H,14H2,1-2H3. The monoisotopic (exact) mass is 249 g/mol. The zero-order valence-corrected chi connectivity index (χ0v) is 9.98. The van der Waals surface area contributed by atoms with Crippen molar-refractivity contribution in [3.8, 4) is 5.69 Å². The highest BCUT2D eigenvalue weighted by molar-refractivity contribution is 5.92. The second-order valence-electron chi connectivity index (χ2n) is 3.77. The summed E-state index contributed by atoms with van der Waals surface area (Å²) in [5, 5.41) is 0. The number of anilines is 1. The molecule has 2 rings (SSSR count). The van der Waals surface area contributed by atoms with Crippen LogP contribution in [0.15, 0.2) is 24.5 Å². The summed E-state index contributed by atoms with van der Waals surface area (Å²) >= 11 is 0. The molecule has 1 aromatic heterocycles. The fourth-order valence-electron chi connectivity index (χ4n) is 1.65. The number of hydrogen-bond donors (Lipinski definition) is 1. The minimum absolute atomic E-state index is 0.0150. The predicted molar refractivity (Wildman–Crippen MR) is 64.0 cm³/mol. The van der Waals surface area contributed by atoms with Crippen LogP contribution in [0.2, 0.25) is 0 Å². The second-order valence-corrected chi connectivity index (χ2v) is 3.77. The minimum Gasteiger partial charge on any atom is -0.464 e. The summed E-state index contributed by atoms with van der Waals surface area (Å²) in [6, 6.07) is 4.31. The van der Waals surface area contributed by atoms with Crippen molar-refractivity contribution in [2.75, 3.05) is 12.8 Å². The molecule has 0 amide bonds. The van der Waals surface area contributed by atoms with Gasteiger partial charge in [-0.15, -0.1) is 0 Å². The van der Waals surface area contributed by atoms with Gasteiger partial charge in [-0.05, 0) is 24.6 Å². The van der Waals surface area contributed by atoms with Crippen LogP contribution in [-0.4, -0.2) is 22.6 Å². The van der Waals surface area contributed by atoms with E-state index in [2.05, 4.69) is 9.72 Å². The Morgan fingerprint density at radius 2 is 2.22 bits per heavy atom. The Morgan fingerprint density at radius 1 is 1.50 bits per heavy atom. The van der Waals surface area contributed by atoms with Crippen LogP contribution in [0.5, 0.6) is 0 Å². The van der Waals surface area contributed by atoms with Crippen LogP contribution >= 0.6 is 0 Å². The van der Waals surface area contributed by atoms with E-state index in [9.17, 15) is 9.18 Å². The van der Waals surface area contributed by atoms with Crippen LogP contribution in [0.1, 0.15) is 16.1 Å². The first kappa shape index (κ1) is 12.1. The Balaban J connectivity index is 2.55. The zero-order chi connectivity index (χ0) is 13.3.